The maximum Gasteiger partial charge on any atom is 0.321 e. The third-order valence-electron chi connectivity index (χ3n) is 2.65. The van der Waals surface area contributed by atoms with Crippen LogP contribution in [0.4, 0.5) is 14.9 Å². The Hall–Kier alpha value is -2.31. The third-order valence-corrected chi connectivity index (χ3v) is 2.65. The van der Waals surface area contributed by atoms with Gasteiger partial charge in [-0.3, -0.25) is 0 Å². The Kier molecular flexibility index (Phi) is 5.11. The first-order valence-electron chi connectivity index (χ1n) is 5.86. The van der Waals surface area contributed by atoms with Crippen LogP contribution in [-0.2, 0) is 0 Å². The SMILES string of the molecule is CCN(CC)C(=O)Nc1ccc(F)c(C(N)=NO)c1. The Morgan fingerprint density at radius 2 is 2.11 bits per heavy atom. The summed E-state index contributed by atoms with van der Waals surface area (Å²) in [5.41, 5.74) is 5.65. The molecule has 19 heavy (non-hydrogen) atoms. The lowest BCUT2D eigenvalue weighted by Crippen LogP contribution is -2.34. The minimum absolute atomic E-state index is 0.0696. The first kappa shape index (κ1) is 14.7. The van der Waals surface area contributed by atoms with Crippen molar-refractivity contribution in [2.24, 2.45) is 10.9 Å². The van der Waals surface area contributed by atoms with Gasteiger partial charge in [0.1, 0.15) is 5.82 Å². The van der Waals surface area contributed by atoms with Gasteiger partial charge in [0.25, 0.3) is 0 Å². The first-order chi connectivity index (χ1) is 9.03. The second-order valence-corrected chi connectivity index (χ2v) is 3.78. The van der Waals surface area contributed by atoms with Crippen LogP contribution in [0.2, 0.25) is 0 Å². The van der Waals surface area contributed by atoms with E-state index in [1.54, 1.807) is 4.90 Å². The summed E-state index contributed by atoms with van der Waals surface area (Å²) in [5, 5.41) is 13.9. The van der Waals surface area contributed by atoms with E-state index in [0.29, 0.717) is 18.8 Å². The van der Waals surface area contributed by atoms with Gasteiger partial charge in [-0.15, -0.1) is 0 Å². The number of halogens is 1. The van der Waals surface area contributed by atoms with E-state index in [4.69, 9.17) is 10.9 Å². The fraction of sp³-hybridized carbons (Fsp3) is 0.333. The number of carbonyl (C=O) groups excluding carboxylic acids is 1. The van der Waals surface area contributed by atoms with E-state index < -0.39 is 5.82 Å². The highest BCUT2D eigenvalue weighted by molar-refractivity contribution is 5.99. The minimum Gasteiger partial charge on any atom is -0.409 e. The molecular weight excluding hydrogens is 251 g/mol. The molecule has 104 valence electrons. The maximum absolute atomic E-state index is 13.4. The van der Waals surface area contributed by atoms with Gasteiger partial charge >= 0.3 is 6.03 Å². The molecule has 0 saturated carbocycles. The van der Waals surface area contributed by atoms with Crippen molar-refractivity contribution in [3.05, 3.63) is 29.6 Å². The maximum atomic E-state index is 13.4. The van der Waals surface area contributed by atoms with E-state index in [1.165, 1.54) is 12.1 Å². The predicted octanol–water partition coefficient (Wildman–Crippen LogP) is 1.79. The number of hydrogen-bond donors (Lipinski definition) is 3. The number of benzene rings is 1. The summed E-state index contributed by atoms with van der Waals surface area (Å²) >= 11 is 0. The summed E-state index contributed by atoms with van der Waals surface area (Å²) in [6.07, 6.45) is 0. The van der Waals surface area contributed by atoms with Crippen molar-refractivity contribution in [2.75, 3.05) is 18.4 Å². The molecule has 6 nitrogen and oxygen atoms in total. The largest absolute Gasteiger partial charge is 0.409 e. The standard InChI is InChI=1S/C12H17FN4O2/c1-3-17(4-2)12(18)15-8-5-6-10(13)9(7-8)11(14)16-19/h5-7,19H,3-4H2,1-2H3,(H2,14,16)(H,15,18). The van der Waals surface area contributed by atoms with Crippen LogP contribution in [0.1, 0.15) is 19.4 Å². The Balaban J connectivity index is 2.94. The van der Waals surface area contributed by atoms with E-state index in [9.17, 15) is 9.18 Å². The molecule has 0 radical (unpaired) electrons. The second-order valence-electron chi connectivity index (χ2n) is 3.78. The number of rotatable bonds is 4. The number of amides is 2. The molecule has 0 aromatic heterocycles. The Labute approximate surface area is 110 Å². The normalized spacial score (nSPS) is 11.2. The van der Waals surface area contributed by atoms with Crippen LogP contribution in [0.15, 0.2) is 23.4 Å². The highest BCUT2D eigenvalue weighted by Gasteiger charge is 2.12. The van der Waals surface area contributed by atoms with Gasteiger partial charge in [-0.1, -0.05) is 5.16 Å². The zero-order valence-electron chi connectivity index (χ0n) is 10.9. The van der Waals surface area contributed by atoms with Gasteiger partial charge in [0, 0.05) is 18.8 Å². The lowest BCUT2D eigenvalue weighted by Gasteiger charge is -2.19. The highest BCUT2D eigenvalue weighted by atomic mass is 19.1. The van der Waals surface area contributed by atoms with Gasteiger partial charge in [0.05, 0.1) is 5.56 Å². The zero-order valence-corrected chi connectivity index (χ0v) is 10.9. The number of urea groups is 1. The third kappa shape index (κ3) is 3.57. The monoisotopic (exact) mass is 268 g/mol. The number of nitrogens with one attached hydrogen (secondary N) is 1. The smallest absolute Gasteiger partial charge is 0.321 e. The molecule has 0 atom stereocenters. The van der Waals surface area contributed by atoms with Gasteiger partial charge in [0.2, 0.25) is 0 Å². The van der Waals surface area contributed by atoms with E-state index in [-0.39, 0.29) is 17.4 Å². The van der Waals surface area contributed by atoms with Crippen LogP contribution in [0, 0.1) is 5.82 Å². The quantitative estimate of drug-likeness (QED) is 0.336. The molecule has 2 amide bonds. The van der Waals surface area contributed by atoms with Crippen LogP contribution < -0.4 is 11.1 Å². The summed E-state index contributed by atoms with van der Waals surface area (Å²) < 4.78 is 13.4. The van der Waals surface area contributed by atoms with E-state index in [1.807, 2.05) is 13.8 Å². The van der Waals surface area contributed by atoms with Crippen molar-refractivity contribution < 1.29 is 14.4 Å². The lowest BCUT2D eigenvalue weighted by molar-refractivity contribution is 0.217. The molecule has 0 aliphatic heterocycles. The van der Waals surface area contributed by atoms with E-state index in [0.717, 1.165) is 6.07 Å². The van der Waals surface area contributed by atoms with Crippen LogP contribution >= 0.6 is 0 Å². The molecule has 1 aromatic carbocycles. The number of nitrogens with two attached hydrogens (primary N) is 1. The molecule has 0 heterocycles. The van der Waals surface area contributed by atoms with E-state index in [2.05, 4.69) is 10.5 Å². The highest BCUT2D eigenvalue weighted by Crippen LogP contribution is 2.15. The zero-order chi connectivity index (χ0) is 14.4. The number of carbonyl (C=O) groups is 1. The molecule has 0 unspecified atom stereocenters. The van der Waals surface area contributed by atoms with Crippen molar-refractivity contribution in [1.82, 2.24) is 4.90 Å². The van der Waals surface area contributed by atoms with Crippen molar-refractivity contribution >= 4 is 17.6 Å². The summed E-state index contributed by atoms with van der Waals surface area (Å²) in [7, 11) is 0. The molecule has 0 aliphatic carbocycles. The average molecular weight is 268 g/mol. The van der Waals surface area contributed by atoms with Crippen molar-refractivity contribution in [1.29, 1.82) is 0 Å². The van der Waals surface area contributed by atoms with Gasteiger partial charge in [-0.2, -0.15) is 0 Å². The number of hydrogen-bond acceptors (Lipinski definition) is 3. The van der Waals surface area contributed by atoms with E-state index >= 15 is 0 Å². The molecule has 0 bridgehead atoms. The minimum atomic E-state index is -0.629. The molecule has 0 aliphatic rings. The molecule has 1 rings (SSSR count). The molecule has 4 N–H and O–H groups in total. The van der Waals surface area contributed by atoms with Crippen molar-refractivity contribution in [3.8, 4) is 0 Å². The fourth-order valence-corrected chi connectivity index (χ4v) is 1.57. The predicted molar refractivity (Wildman–Crippen MR) is 70.9 cm³/mol. The number of nitrogens with zero attached hydrogens (tertiary/aromatic N) is 2. The Morgan fingerprint density at radius 3 is 2.63 bits per heavy atom. The van der Waals surface area contributed by atoms with Crippen LogP contribution in [0.5, 0.6) is 0 Å². The van der Waals surface area contributed by atoms with Crippen LogP contribution in [0.3, 0.4) is 0 Å². The Morgan fingerprint density at radius 1 is 1.47 bits per heavy atom. The Bertz CT molecular complexity index is 487. The molecular formula is C12H17FN4O2. The van der Waals surface area contributed by atoms with Crippen LogP contribution in [-0.4, -0.2) is 35.1 Å². The molecule has 7 heteroatoms. The molecule has 0 saturated heterocycles. The fourth-order valence-electron chi connectivity index (χ4n) is 1.57. The second kappa shape index (κ2) is 6.58. The average Bonchev–Trinajstić information content (AvgIpc) is 2.41. The van der Waals surface area contributed by atoms with Crippen molar-refractivity contribution in [2.45, 2.75) is 13.8 Å². The summed E-state index contributed by atoms with van der Waals surface area (Å²) in [4.78, 5) is 13.4. The summed E-state index contributed by atoms with van der Waals surface area (Å²) in [5.74, 6) is -0.979. The topological polar surface area (TPSA) is 91.0 Å². The number of amidine groups is 1. The lowest BCUT2D eigenvalue weighted by atomic mass is 10.1. The summed E-state index contributed by atoms with van der Waals surface area (Å²) in [6.45, 7) is 4.85. The van der Waals surface area contributed by atoms with Gasteiger partial charge in [0.15, 0.2) is 5.84 Å². The molecule has 0 spiro atoms. The first-order valence-corrected chi connectivity index (χ1v) is 5.86. The number of anilines is 1. The molecule has 1 aromatic rings. The van der Waals surface area contributed by atoms with Gasteiger partial charge in [-0.05, 0) is 32.0 Å². The van der Waals surface area contributed by atoms with Gasteiger partial charge in [-0.25, -0.2) is 9.18 Å². The van der Waals surface area contributed by atoms with Crippen LogP contribution in [0.25, 0.3) is 0 Å². The number of oxime groups is 1. The molecule has 0 fully saturated rings. The van der Waals surface area contributed by atoms with Gasteiger partial charge < -0.3 is 21.2 Å². The summed E-state index contributed by atoms with van der Waals surface area (Å²) in [6, 6.07) is 3.57. The van der Waals surface area contributed by atoms with Crippen molar-refractivity contribution in [3.63, 3.8) is 0 Å².